The molecule has 0 aromatic carbocycles. The number of tetrazole rings is 1. The van der Waals surface area contributed by atoms with Gasteiger partial charge >= 0.3 is 0 Å². The van der Waals surface area contributed by atoms with Crippen LogP contribution < -0.4 is 0 Å². The Morgan fingerprint density at radius 1 is 1.37 bits per heavy atom. The minimum absolute atomic E-state index is 0.0823. The Hall–Kier alpha value is -1.50. The maximum atomic E-state index is 12.0. The Balaban J connectivity index is 1.48. The van der Waals surface area contributed by atoms with Gasteiger partial charge in [0.1, 0.15) is 6.54 Å². The second-order valence-electron chi connectivity index (χ2n) is 5.50. The van der Waals surface area contributed by atoms with E-state index in [4.69, 9.17) is 0 Å². The lowest BCUT2D eigenvalue weighted by atomic mass is 9.97. The molecular formula is C12H20N6O. The molecule has 0 radical (unpaired) electrons. The van der Waals surface area contributed by atoms with Gasteiger partial charge in [-0.25, -0.2) is 0 Å². The van der Waals surface area contributed by atoms with Gasteiger partial charge in [0, 0.05) is 25.2 Å². The van der Waals surface area contributed by atoms with Crippen molar-refractivity contribution in [3.05, 3.63) is 6.33 Å². The third kappa shape index (κ3) is 2.60. The molecule has 0 saturated carbocycles. The predicted molar refractivity (Wildman–Crippen MR) is 68.2 cm³/mol. The molecule has 0 aliphatic carbocycles. The van der Waals surface area contributed by atoms with Crippen molar-refractivity contribution in [2.45, 2.75) is 44.8 Å². The van der Waals surface area contributed by atoms with E-state index in [0.717, 1.165) is 13.1 Å². The van der Waals surface area contributed by atoms with Gasteiger partial charge in [0.05, 0.1) is 0 Å². The van der Waals surface area contributed by atoms with Crippen LogP contribution in [0.2, 0.25) is 0 Å². The first kappa shape index (κ1) is 12.5. The molecule has 0 bridgehead atoms. The van der Waals surface area contributed by atoms with Crippen LogP contribution in [0.25, 0.3) is 0 Å². The molecule has 3 heterocycles. The Bertz CT molecular complexity index is 427. The molecule has 104 valence electrons. The van der Waals surface area contributed by atoms with Crippen LogP contribution in [0.15, 0.2) is 6.33 Å². The summed E-state index contributed by atoms with van der Waals surface area (Å²) in [4.78, 5) is 17.8. The number of carbonyl (C=O) groups excluding carboxylic acids is 1. The van der Waals surface area contributed by atoms with E-state index in [0.29, 0.717) is 12.1 Å². The summed E-state index contributed by atoms with van der Waals surface area (Å²) in [5.41, 5.74) is 0. The van der Waals surface area contributed by atoms with Crippen molar-refractivity contribution in [1.82, 2.24) is 30.0 Å². The van der Waals surface area contributed by atoms with Crippen LogP contribution in [0.5, 0.6) is 0 Å². The molecule has 1 amide bonds. The molecule has 7 heteroatoms. The van der Waals surface area contributed by atoms with Crippen molar-refractivity contribution >= 4 is 5.91 Å². The fourth-order valence-electron chi connectivity index (χ4n) is 3.01. The molecule has 2 aliphatic rings. The van der Waals surface area contributed by atoms with Crippen LogP contribution in [0, 0.1) is 0 Å². The van der Waals surface area contributed by atoms with Gasteiger partial charge in [-0.05, 0) is 31.5 Å². The van der Waals surface area contributed by atoms with Crippen molar-refractivity contribution in [3.8, 4) is 0 Å². The Labute approximate surface area is 112 Å². The smallest absolute Gasteiger partial charge is 0.246 e. The van der Waals surface area contributed by atoms with E-state index >= 15 is 0 Å². The molecule has 0 N–H and O–H groups in total. The fraction of sp³-hybridized carbons (Fsp3) is 0.833. The highest BCUT2D eigenvalue weighted by Crippen LogP contribution is 2.24. The number of nitrogens with zero attached hydrogens (tertiary/aromatic N) is 6. The Kier molecular flexibility index (Phi) is 3.46. The van der Waals surface area contributed by atoms with E-state index < -0.39 is 0 Å². The minimum atomic E-state index is 0.0823. The lowest BCUT2D eigenvalue weighted by Gasteiger charge is -2.49. The second-order valence-corrected chi connectivity index (χ2v) is 5.50. The van der Waals surface area contributed by atoms with Crippen molar-refractivity contribution in [1.29, 1.82) is 0 Å². The van der Waals surface area contributed by atoms with Crippen LogP contribution >= 0.6 is 0 Å². The van der Waals surface area contributed by atoms with Gasteiger partial charge in [-0.1, -0.05) is 6.42 Å². The van der Waals surface area contributed by atoms with Crippen molar-refractivity contribution in [3.63, 3.8) is 0 Å². The van der Waals surface area contributed by atoms with E-state index in [1.54, 1.807) is 0 Å². The number of hydrogen-bond acceptors (Lipinski definition) is 5. The summed E-state index contributed by atoms with van der Waals surface area (Å²) < 4.78 is 0. The van der Waals surface area contributed by atoms with E-state index in [-0.39, 0.29) is 12.5 Å². The SMILES string of the molecule is CC1CCCCN1C1CN(C(=O)Cn2ncnn2)C1. The van der Waals surface area contributed by atoms with E-state index in [9.17, 15) is 4.79 Å². The van der Waals surface area contributed by atoms with Crippen LogP contribution in [0.4, 0.5) is 0 Å². The maximum Gasteiger partial charge on any atom is 0.246 e. The average molecular weight is 264 g/mol. The molecule has 1 aromatic rings. The van der Waals surface area contributed by atoms with Gasteiger partial charge in [0.25, 0.3) is 0 Å². The van der Waals surface area contributed by atoms with Gasteiger partial charge in [-0.15, -0.1) is 10.2 Å². The van der Waals surface area contributed by atoms with Gasteiger partial charge in [0.15, 0.2) is 6.33 Å². The summed E-state index contributed by atoms with van der Waals surface area (Å²) in [5, 5.41) is 11.2. The molecule has 1 aromatic heterocycles. The molecule has 1 atom stereocenters. The molecular weight excluding hydrogens is 244 g/mol. The van der Waals surface area contributed by atoms with Gasteiger partial charge in [0.2, 0.25) is 5.91 Å². The topological polar surface area (TPSA) is 67.2 Å². The first-order valence-electron chi connectivity index (χ1n) is 6.98. The number of aromatic nitrogens is 4. The highest BCUT2D eigenvalue weighted by molar-refractivity contribution is 5.76. The Morgan fingerprint density at radius 3 is 2.89 bits per heavy atom. The Morgan fingerprint density at radius 2 is 2.21 bits per heavy atom. The number of hydrogen-bond donors (Lipinski definition) is 0. The number of carbonyl (C=O) groups is 1. The first-order chi connectivity index (χ1) is 9.24. The molecule has 2 saturated heterocycles. The number of amides is 1. The monoisotopic (exact) mass is 264 g/mol. The molecule has 1 unspecified atom stereocenters. The first-order valence-corrected chi connectivity index (χ1v) is 6.98. The summed E-state index contributed by atoms with van der Waals surface area (Å²) in [6.07, 6.45) is 5.26. The average Bonchev–Trinajstić information content (AvgIpc) is 2.82. The van der Waals surface area contributed by atoms with Crippen molar-refractivity contribution in [2.24, 2.45) is 0 Å². The zero-order valence-corrected chi connectivity index (χ0v) is 11.3. The lowest BCUT2D eigenvalue weighted by Crippen LogP contribution is -2.64. The summed E-state index contributed by atoms with van der Waals surface area (Å²) in [6.45, 7) is 5.36. The van der Waals surface area contributed by atoms with E-state index in [1.807, 2.05) is 4.90 Å². The quantitative estimate of drug-likeness (QED) is 0.753. The minimum Gasteiger partial charge on any atom is -0.338 e. The molecule has 2 fully saturated rings. The largest absolute Gasteiger partial charge is 0.338 e. The molecule has 3 rings (SSSR count). The highest BCUT2D eigenvalue weighted by Gasteiger charge is 2.37. The molecule has 7 nitrogen and oxygen atoms in total. The zero-order chi connectivity index (χ0) is 13.2. The van der Waals surface area contributed by atoms with E-state index in [1.165, 1.54) is 36.9 Å². The van der Waals surface area contributed by atoms with Gasteiger partial charge in [-0.2, -0.15) is 4.80 Å². The number of likely N-dealkylation sites (tertiary alicyclic amines) is 2. The summed E-state index contributed by atoms with van der Waals surface area (Å²) in [6, 6.07) is 1.20. The summed E-state index contributed by atoms with van der Waals surface area (Å²) in [7, 11) is 0. The van der Waals surface area contributed by atoms with Crippen LogP contribution in [-0.2, 0) is 11.3 Å². The predicted octanol–water partition coefficient (Wildman–Crippen LogP) is -0.242. The molecule has 2 aliphatic heterocycles. The lowest BCUT2D eigenvalue weighted by molar-refractivity contribution is -0.141. The van der Waals surface area contributed by atoms with Gasteiger partial charge in [-0.3, -0.25) is 9.69 Å². The second kappa shape index (κ2) is 5.24. The van der Waals surface area contributed by atoms with Crippen LogP contribution in [0.1, 0.15) is 26.2 Å². The summed E-state index contributed by atoms with van der Waals surface area (Å²) in [5.74, 6) is 0.0823. The third-order valence-corrected chi connectivity index (χ3v) is 4.21. The normalized spacial score (nSPS) is 25.3. The maximum absolute atomic E-state index is 12.0. The third-order valence-electron chi connectivity index (χ3n) is 4.21. The van der Waals surface area contributed by atoms with Crippen LogP contribution in [-0.4, -0.2) is 67.6 Å². The van der Waals surface area contributed by atoms with Crippen molar-refractivity contribution in [2.75, 3.05) is 19.6 Å². The number of rotatable bonds is 3. The van der Waals surface area contributed by atoms with E-state index in [2.05, 4.69) is 27.2 Å². The summed E-state index contributed by atoms with van der Waals surface area (Å²) >= 11 is 0. The highest BCUT2D eigenvalue weighted by atomic mass is 16.2. The standard InChI is InChI=1S/C12H20N6O/c1-10-4-2-3-5-17(10)11-6-16(7-11)12(19)8-18-14-9-13-15-18/h9-11H,2-8H2,1H3. The van der Waals surface area contributed by atoms with Gasteiger partial charge < -0.3 is 4.90 Å². The molecule has 19 heavy (non-hydrogen) atoms. The molecule has 0 spiro atoms. The van der Waals surface area contributed by atoms with Crippen LogP contribution in [0.3, 0.4) is 0 Å². The number of piperidine rings is 1. The van der Waals surface area contributed by atoms with Crippen molar-refractivity contribution < 1.29 is 4.79 Å². The fourth-order valence-corrected chi connectivity index (χ4v) is 3.01. The zero-order valence-electron chi connectivity index (χ0n) is 11.3.